The molecule has 0 atom stereocenters. The molecule has 0 aromatic carbocycles. The molecule has 0 unspecified atom stereocenters. The lowest BCUT2D eigenvalue weighted by atomic mass is 9.92. The van der Waals surface area contributed by atoms with Crippen molar-refractivity contribution >= 4 is 17.5 Å². The lowest BCUT2D eigenvalue weighted by molar-refractivity contribution is -0.130. The van der Waals surface area contributed by atoms with Crippen molar-refractivity contribution in [3.8, 4) is 0 Å². The third-order valence-corrected chi connectivity index (χ3v) is 6.20. The van der Waals surface area contributed by atoms with Crippen LogP contribution < -0.4 is 10.2 Å². The Morgan fingerprint density at radius 2 is 1.93 bits per heavy atom. The summed E-state index contributed by atoms with van der Waals surface area (Å²) in [5.41, 5.74) is 1.22. The minimum Gasteiger partial charge on any atom is -0.367 e. The van der Waals surface area contributed by atoms with Crippen LogP contribution in [-0.4, -0.2) is 58.5 Å². The van der Waals surface area contributed by atoms with Gasteiger partial charge < -0.3 is 15.1 Å². The molecule has 3 heterocycles. The third kappa shape index (κ3) is 5.90. The summed E-state index contributed by atoms with van der Waals surface area (Å²) in [6.07, 6.45) is 12.5. The number of nitrogens with zero attached hydrogens (tertiary/aromatic N) is 5. The number of carbonyl (C=O) groups is 1. The second-order valence-electron chi connectivity index (χ2n) is 8.57. The maximum Gasteiger partial charge on any atom is 0.222 e. The maximum atomic E-state index is 12.5. The first kappa shape index (κ1) is 20.6. The van der Waals surface area contributed by atoms with Crippen LogP contribution in [0, 0.1) is 5.92 Å². The van der Waals surface area contributed by atoms with Gasteiger partial charge in [0.25, 0.3) is 0 Å². The van der Waals surface area contributed by atoms with Crippen LogP contribution in [0.3, 0.4) is 0 Å². The molecule has 7 nitrogen and oxygen atoms in total. The molecule has 1 aliphatic carbocycles. The first-order valence-electron chi connectivity index (χ1n) is 11.1. The summed E-state index contributed by atoms with van der Waals surface area (Å²) >= 11 is 0. The molecule has 1 aliphatic heterocycles. The average Bonchev–Trinajstić information content (AvgIpc) is 3.61. The molecule has 2 aromatic heterocycles. The van der Waals surface area contributed by atoms with Gasteiger partial charge in [0.1, 0.15) is 18.0 Å². The molecular weight excluding hydrogens is 376 g/mol. The molecule has 0 radical (unpaired) electrons. The summed E-state index contributed by atoms with van der Waals surface area (Å²) in [6.45, 7) is 2.75. The van der Waals surface area contributed by atoms with E-state index in [0.29, 0.717) is 18.4 Å². The van der Waals surface area contributed by atoms with E-state index in [2.05, 4.69) is 31.2 Å². The van der Waals surface area contributed by atoms with Crippen LogP contribution in [0.5, 0.6) is 0 Å². The highest BCUT2D eigenvalue weighted by Gasteiger charge is 2.24. The Kier molecular flexibility index (Phi) is 6.77. The summed E-state index contributed by atoms with van der Waals surface area (Å²) in [5, 5.41) is 3.45. The third-order valence-electron chi connectivity index (χ3n) is 6.20. The minimum absolute atomic E-state index is 0.248. The molecule has 0 bridgehead atoms. The average molecular weight is 409 g/mol. The molecule has 2 aromatic rings. The van der Waals surface area contributed by atoms with E-state index in [1.54, 1.807) is 18.7 Å². The number of hydrogen-bond donors (Lipinski definition) is 1. The predicted molar refractivity (Wildman–Crippen MR) is 118 cm³/mol. The number of amides is 1. The van der Waals surface area contributed by atoms with Gasteiger partial charge in [0.2, 0.25) is 5.91 Å². The maximum absolute atomic E-state index is 12.5. The van der Waals surface area contributed by atoms with E-state index in [0.717, 1.165) is 57.0 Å². The van der Waals surface area contributed by atoms with Crippen molar-refractivity contribution in [2.45, 2.75) is 51.0 Å². The molecule has 1 amide bonds. The first-order valence-corrected chi connectivity index (χ1v) is 11.1. The standard InChI is InChI=1S/C23H32N6O/c1-28(13-8-19-6-11-24-12-7-19)23(30)5-2-18-9-14-29(15-10-18)22-16-21(25-17-26-22)27-20-3-4-20/h6-7,11-12,16-18,20H,2-5,8-10,13-15H2,1H3,(H,25,26,27). The van der Waals surface area contributed by atoms with Crippen molar-refractivity contribution in [1.82, 2.24) is 19.9 Å². The Hall–Kier alpha value is -2.70. The van der Waals surface area contributed by atoms with E-state index >= 15 is 0 Å². The summed E-state index contributed by atoms with van der Waals surface area (Å²) in [5.74, 6) is 2.81. The normalized spacial score (nSPS) is 17.0. The van der Waals surface area contributed by atoms with Gasteiger partial charge in [-0.1, -0.05) is 0 Å². The highest BCUT2D eigenvalue weighted by Crippen LogP contribution is 2.28. The zero-order chi connectivity index (χ0) is 20.8. The second-order valence-corrected chi connectivity index (χ2v) is 8.57. The van der Waals surface area contributed by atoms with E-state index in [4.69, 9.17) is 0 Å². The van der Waals surface area contributed by atoms with Gasteiger partial charge in [0.05, 0.1) is 0 Å². The lowest BCUT2D eigenvalue weighted by Gasteiger charge is -2.33. The zero-order valence-electron chi connectivity index (χ0n) is 17.8. The fourth-order valence-electron chi connectivity index (χ4n) is 3.98. The van der Waals surface area contributed by atoms with Crippen molar-refractivity contribution in [1.29, 1.82) is 0 Å². The molecule has 1 saturated heterocycles. The number of piperidine rings is 1. The molecule has 0 spiro atoms. The molecule has 7 heteroatoms. The number of anilines is 2. The van der Waals surface area contributed by atoms with Crippen LogP contribution in [0.15, 0.2) is 36.9 Å². The van der Waals surface area contributed by atoms with Gasteiger partial charge >= 0.3 is 0 Å². The Bertz CT molecular complexity index is 817. The molecular formula is C23H32N6O. The van der Waals surface area contributed by atoms with Gasteiger partial charge in [-0.05, 0) is 62.1 Å². The molecule has 30 heavy (non-hydrogen) atoms. The Morgan fingerprint density at radius 3 is 2.67 bits per heavy atom. The largest absolute Gasteiger partial charge is 0.367 e. The van der Waals surface area contributed by atoms with Gasteiger partial charge in [-0.15, -0.1) is 0 Å². The van der Waals surface area contributed by atoms with Crippen LogP contribution in [0.4, 0.5) is 11.6 Å². The van der Waals surface area contributed by atoms with E-state index in [1.807, 2.05) is 24.1 Å². The van der Waals surface area contributed by atoms with Gasteiger partial charge in [0, 0.05) is 57.6 Å². The SMILES string of the molecule is CN(CCc1ccncc1)C(=O)CCC1CCN(c2cc(NC3CC3)ncn2)CC1. The fourth-order valence-corrected chi connectivity index (χ4v) is 3.98. The van der Waals surface area contributed by atoms with E-state index in [-0.39, 0.29) is 5.91 Å². The van der Waals surface area contributed by atoms with E-state index < -0.39 is 0 Å². The van der Waals surface area contributed by atoms with Crippen LogP contribution >= 0.6 is 0 Å². The Balaban J connectivity index is 1.17. The number of carbonyl (C=O) groups excluding carboxylic acids is 1. The highest BCUT2D eigenvalue weighted by molar-refractivity contribution is 5.75. The number of nitrogens with one attached hydrogen (secondary N) is 1. The minimum atomic E-state index is 0.248. The quantitative estimate of drug-likeness (QED) is 0.687. The number of pyridine rings is 1. The van der Waals surface area contributed by atoms with Gasteiger partial charge in [-0.25, -0.2) is 9.97 Å². The van der Waals surface area contributed by atoms with Crippen molar-refractivity contribution < 1.29 is 4.79 Å². The number of aromatic nitrogens is 3. The van der Waals surface area contributed by atoms with Crippen LogP contribution in [0.2, 0.25) is 0 Å². The molecule has 1 N–H and O–H groups in total. The molecule has 2 fully saturated rings. The van der Waals surface area contributed by atoms with Crippen molar-refractivity contribution in [3.05, 3.63) is 42.5 Å². The van der Waals surface area contributed by atoms with Crippen LogP contribution in [0.1, 0.15) is 44.1 Å². The van der Waals surface area contributed by atoms with E-state index in [9.17, 15) is 4.79 Å². The smallest absolute Gasteiger partial charge is 0.222 e. The zero-order valence-corrected chi connectivity index (χ0v) is 17.8. The monoisotopic (exact) mass is 408 g/mol. The summed E-state index contributed by atoms with van der Waals surface area (Å²) in [7, 11) is 1.91. The fraction of sp³-hybridized carbons (Fsp3) is 0.565. The van der Waals surface area contributed by atoms with Crippen molar-refractivity contribution in [3.63, 3.8) is 0 Å². The van der Waals surface area contributed by atoms with Crippen LogP contribution in [-0.2, 0) is 11.2 Å². The number of likely N-dealkylation sites (N-methyl/N-ethyl adjacent to an activating group) is 1. The Morgan fingerprint density at radius 1 is 1.17 bits per heavy atom. The molecule has 4 rings (SSSR count). The van der Waals surface area contributed by atoms with Gasteiger partial charge in [-0.3, -0.25) is 9.78 Å². The number of rotatable bonds is 9. The molecule has 2 aliphatic rings. The summed E-state index contributed by atoms with van der Waals surface area (Å²) < 4.78 is 0. The van der Waals surface area contributed by atoms with Crippen molar-refractivity contribution in [2.75, 3.05) is 36.9 Å². The summed E-state index contributed by atoms with van der Waals surface area (Å²) in [4.78, 5) is 29.6. The lowest BCUT2D eigenvalue weighted by Crippen LogP contribution is -2.35. The summed E-state index contributed by atoms with van der Waals surface area (Å²) in [6, 6.07) is 6.68. The predicted octanol–water partition coefficient (Wildman–Crippen LogP) is 3.14. The van der Waals surface area contributed by atoms with Crippen molar-refractivity contribution in [2.24, 2.45) is 5.92 Å². The Labute approximate surface area is 178 Å². The van der Waals surface area contributed by atoms with Gasteiger partial charge in [0.15, 0.2) is 0 Å². The second kappa shape index (κ2) is 9.87. The molecule has 1 saturated carbocycles. The molecule has 160 valence electrons. The topological polar surface area (TPSA) is 74.2 Å². The highest BCUT2D eigenvalue weighted by atomic mass is 16.2. The van der Waals surface area contributed by atoms with Crippen LogP contribution in [0.25, 0.3) is 0 Å². The number of hydrogen-bond acceptors (Lipinski definition) is 6. The first-order chi connectivity index (χ1) is 14.7. The van der Waals surface area contributed by atoms with E-state index in [1.165, 1.54) is 18.4 Å². The van der Waals surface area contributed by atoms with Gasteiger partial charge in [-0.2, -0.15) is 0 Å².